The molecule has 0 bridgehead atoms. The number of aliphatic hydroxyl groups excluding tert-OH is 1. The number of rotatable bonds is 2. The van der Waals surface area contributed by atoms with Crippen molar-refractivity contribution in [3.05, 3.63) is 17.5 Å². The van der Waals surface area contributed by atoms with Crippen molar-refractivity contribution in [1.82, 2.24) is 9.97 Å². The summed E-state index contributed by atoms with van der Waals surface area (Å²) in [5.41, 5.74) is 0. The van der Waals surface area contributed by atoms with Gasteiger partial charge in [-0.05, 0) is 26.2 Å². The molecule has 2 atom stereocenters. The van der Waals surface area contributed by atoms with Gasteiger partial charge in [0.25, 0.3) is 0 Å². The third-order valence-electron chi connectivity index (χ3n) is 3.02. The van der Waals surface area contributed by atoms with Crippen molar-refractivity contribution in [3.63, 3.8) is 0 Å². The van der Waals surface area contributed by atoms with Gasteiger partial charge in [0, 0.05) is 12.6 Å². The van der Waals surface area contributed by atoms with Crippen LogP contribution in [0, 0.1) is 0 Å². The Morgan fingerprint density at radius 1 is 1.50 bits per heavy atom. The highest BCUT2D eigenvalue weighted by Crippen LogP contribution is 2.25. The minimum absolute atomic E-state index is 0.139. The molecule has 16 heavy (non-hydrogen) atoms. The van der Waals surface area contributed by atoms with E-state index in [0.29, 0.717) is 5.15 Å². The van der Waals surface area contributed by atoms with Crippen molar-refractivity contribution < 1.29 is 5.11 Å². The van der Waals surface area contributed by atoms with Gasteiger partial charge in [0.1, 0.15) is 17.3 Å². The lowest BCUT2D eigenvalue weighted by molar-refractivity contribution is 0.145. The van der Waals surface area contributed by atoms with Gasteiger partial charge in [-0.15, -0.1) is 0 Å². The summed E-state index contributed by atoms with van der Waals surface area (Å²) in [6, 6.07) is 1.89. The van der Waals surface area contributed by atoms with Crippen LogP contribution in [0.3, 0.4) is 0 Å². The van der Waals surface area contributed by atoms with Gasteiger partial charge in [0.05, 0.1) is 12.1 Å². The lowest BCUT2D eigenvalue weighted by Crippen LogP contribution is -2.46. The van der Waals surface area contributed by atoms with Gasteiger partial charge < -0.3 is 10.0 Å². The molecular formula is C11H16ClN3O. The van der Waals surface area contributed by atoms with E-state index in [1.165, 1.54) is 6.33 Å². The van der Waals surface area contributed by atoms with E-state index < -0.39 is 0 Å². The Labute approximate surface area is 100 Å². The van der Waals surface area contributed by atoms with E-state index in [9.17, 15) is 5.11 Å². The molecular weight excluding hydrogens is 226 g/mol. The summed E-state index contributed by atoms with van der Waals surface area (Å²) >= 11 is 5.85. The van der Waals surface area contributed by atoms with Crippen LogP contribution in [-0.2, 0) is 0 Å². The number of halogens is 1. The second kappa shape index (κ2) is 4.97. The van der Waals surface area contributed by atoms with E-state index in [4.69, 9.17) is 11.6 Å². The van der Waals surface area contributed by atoms with Crippen LogP contribution in [-0.4, -0.2) is 33.8 Å². The van der Waals surface area contributed by atoms with E-state index in [1.807, 2.05) is 6.92 Å². The molecule has 1 aromatic heterocycles. The molecule has 0 aromatic carbocycles. The van der Waals surface area contributed by atoms with Crippen molar-refractivity contribution in [1.29, 1.82) is 0 Å². The molecule has 0 radical (unpaired) electrons. The summed E-state index contributed by atoms with van der Waals surface area (Å²) in [4.78, 5) is 10.2. The molecule has 1 N–H and O–H groups in total. The molecule has 0 aliphatic carbocycles. The first-order chi connectivity index (χ1) is 7.68. The van der Waals surface area contributed by atoms with Crippen LogP contribution >= 0.6 is 11.6 Å². The fourth-order valence-corrected chi connectivity index (χ4v) is 2.37. The standard InChI is InChI=1S/C11H16ClN3O/c1-8(16)9-4-2-3-5-15(9)11-6-10(12)13-7-14-11/h6-9,16H,2-5H2,1H3/t8-,9+/m1/s1. The summed E-state index contributed by atoms with van der Waals surface area (Å²) in [5.74, 6) is 0.811. The van der Waals surface area contributed by atoms with Gasteiger partial charge in [0.15, 0.2) is 0 Å². The first kappa shape index (κ1) is 11.6. The first-order valence-corrected chi connectivity index (χ1v) is 5.98. The highest BCUT2D eigenvalue weighted by molar-refractivity contribution is 6.29. The Balaban J connectivity index is 2.23. The number of nitrogens with zero attached hydrogens (tertiary/aromatic N) is 3. The summed E-state index contributed by atoms with van der Waals surface area (Å²) in [6.45, 7) is 2.74. The van der Waals surface area contributed by atoms with Crippen molar-refractivity contribution in [3.8, 4) is 0 Å². The van der Waals surface area contributed by atoms with Crippen molar-refractivity contribution in [2.45, 2.75) is 38.3 Å². The SMILES string of the molecule is C[C@@H](O)[C@@H]1CCCCN1c1cc(Cl)ncn1. The van der Waals surface area contributed by atoms with Crippen molar-refractivity contribution in [2.75, 3.05) is 11.4 Å². The highest BCUT2D eigenvalue weighted by Gasteiger charge is 2.27. The molecule has 0 amide bonds. The largest absolute Gasteiger partial charge is 0.391 e. The second-order valence-corrected chi connectivity index (χ2v) is 4.58. The number of hydrogen-bond donors (Lipinski definition) is 1. The zero-order valence-electron chi connectivity index (χ0n) is 9.30. The fraction of sp³-hybridized carbons (Fsp3) is 0.636. The quantitative estimate of drug-likeness (QED) is 0.804. The molecule has 0 saturated carbocycles. The predicted molar refractivity (Wildman–Crippen MR) is 63.7 cm³/mol. The third-order valence-corrected chi connectivity index (χ3v) is 3.23. The van der Waals surface area contributed by atoms with Crippen LogP contribution in [0.15, 0.2) is 12.4 Å². The van der Waals surface area contributed by atoms with Crippen LogP contribution < -0.4 is 4.90 Å². The maximum absolute atomic E-state index is 9.76. The minimum atomic E-state index is -0.353. The lowest BCUT2D eigenvalue weighted by Gasteiger charge is -2.38. The van der Waals surface area contributed by atoms with Crippen LogP contribution in [0.5, 0.6) is 0 Å². The number of piperidine rings is 1. The molecule has 0 spiro atoms. The Hall–Kier alpha value is -0.870. The van der Waals surface area contributed by atoms with Crippen molar-refractivity contribution >= 4 is 17.4 Å². The first-order valence-electron chi connectivity index (χ1n) is 5.61. The molecule has 0 unspecified atom stereocenters. The highest BCUT2D eigenvalue weighted by atomic mass is 35.5. The molecule has 2 heterocycles. The van der Waals surface area contributed by atoms with E-state index in [-0.39, 0.29) is 12.1 Å². The Morgan fingerprint density at radius 3 is 3.00 bits per heavy atom. The van der Waals surface area contributed by atoms with Crippen LogP contribution in [0.2, 0.25) is 5.15 Å². The van der Waals surface area contributed by atoms with E-state index in [0.717, 1.165) is 31.6 Å². The van der Waals surface area contributed by atoms with Gasteiger partial charge in [-0.25, -0.2) is 9.97 Å². The topological polar surface area (TPSA) is 49.2 Å². The van der Waals surface area contributed by atoms with E-state index >= 15 is 0 Å². The maximum Gasteiger partial charge on any atom is 0.134 e. The minimum Gasteiger partial charge on any atom is -0.391 e. The normalized spacial score (nSPS) is 23.2. The summed E-state index contributed by atoms with van der Waals surface area (Å²) in [5, 5.41) is 10.2. The molecule has 2 rings (SSSR count). The fourth-order valence-electron chi connectivity index (χ4n) is 2.22. The molecule has 1 aromatic rings. The van der Waals surface area contributed by atoms with Gasteiger partial charge in [0.2, 0.25) is 0 Å². The molecule has 5 heteroatoms. The lowest BCUT2D eigenvalue weighted by atomic mass is 9.98. The smallest absolute Gasteiger partial charge is 0.134 e. The summed E-state index contributed by atoms with van der Waals surface area (Å²) in [7, 11) is 0. The molecule has 1 aliphatic heterocycles. The second-order valence-electron chi connectivity index (χ2n) is 4.20. The maximum atomic E-state index is 9.76. The van der Waals surface area contributed by atoms with Crippen LogP contribution in [0.4, 0.5) is 5.82 Å². The van der Waals surface area contributed by atoms with Crippen LogP contribution in [0.25, 0.3) is 0 Å². The number of anilines is 1. The number of aromatic nitrogens is 2. The monoisotopic (exact) mass is 241 g/mol. The molecule has 88 valence electrons. The Kier molecular flexibility index (Phi) is 3.61. The zero-order valence-corrected chi connectivity index (χ0v) is 10.1. The van der Waals surface area contributed by atoms with E-state index in [2.05, 4.69) is 14.9 Å². The van der Waals surface area contributed by atoms with Crippen molar-refractivity contribution in [2.24, 2.45) is 0 Å². The molecule has 1 saturated heterocycles. The average Bonchev–Trinajstić information content (AvgIpc) is 2.29. The summed E-state index contributed by atoms with van der Waals surface area (Å²) in [6.07, 6.45) is 4.40. The molecule has 1 aliphatic rings. The van der Waals surface area contributed by atoms with E-state index in [1.54, 1.807) is 6.07 Å². The summed E-state index contributed by atoms with van der Waals surface area (Å²) < 4.78 is 0. The Bertz CT molecular complexity index is 359. The molecule has 4 nitrogen and oxygen atoms in total. The van der Waals surface area contributed by atoms with Gasteiger partial charge >= 0.3 is 0 Å². The average molecular weight is 242 g/mol. The van der Waals surface area contributed by atoms with Crippen LogP contribution in [0.1, 0.15) is 26.2 Å². The Morgan fingerprint density at radius 2 is 2.31 bits per heavy atom. The number of hydrogen-bond acceptors (Lipinski definition) is 4. The van der Waals surface area contributed by atoms with Gasteiger partial charge in [-0.3, -0.25) is 0 Å². The zero-order chi connectivity index (χ0) is 11.5. The van der Waals surface area contributed by atoms with Gasteiger partial charge in [-0.1, -0.05) is 11.6 Å². The number of aliphatic hydroxyl groups is 1. The van der Waals surface area contributed by atoms with Gasteiger partial charge in [-0.2, -0.15) is 0 Å². The third kappa shape index (κ3) is 2.44. The molecule has 1 fully saturated rings. The predicted octanol–water partition coefficient (Wildman–Crippen LogP) is 1.87.